The number of rotatable bonds is 5. The molecule has 0 saturated carbocycles. The molecular formula is C15H20N2O4. The summed E-state index contributed by atoms with van der Waals surface area (Å²) in [6.45, 7) is 3.17. The fourth-order valence-corrected chi connectivity index (χ4v) is 1.73. The normalized spacial score (nSPS) is 9.90. The molecule has 0 aliphatic heterocycles. The molecule has 0 unspecified atom stereocenters. The van der Waals surface area contributed by atoms with Gasteiger partial charge in [-0.15, -0.1) is 0 Å². The SMILES string of the molecule is CCOC(=O)c1ccccc1N(CC(=O)N(C)C)C(C)=O. The molecule has 1 rings (SSSR count). The minimum Gasteiger partial charge on any atom is -0.462 e. The standard InChI is InChI=1S/C15H20N2O4/c1-5-21-15(20)12-8-6-7-9-13(12)17(11(2)18)10-14(19)16(3)4/h6-9H,5,10H2,1-4H3. The number of carbonyl (C=O) groups is 3. The molecule has 0 aliphatic rings. The van der Waals surface area contributed by atoms with Gasteiger partial charge in [0.25, 0.3) is 0 Å². The summed E-state index contributed by atoms with van der Waals surface area (Å²) in [7, 11) is 3.22. The highest BCUT2D eigenvalue weighted by molar-refractivity contribution is 6.04. The van der Waals surface area contributed by atoms with Crippen molar-refractivity contribution in [3.63, 3.8) is 0 Å². The number of esters is 1. The molecule has 1 aromatic rings. The van der Waals surface area contributed by atoms with Gasteiger partial charge in [0.05, 0.1) is 17.9 Å². The van der Waals surface area contributed by atoms with Crippen LogP contribution in [0.1, 0.15) is 24.2 Å². The van der Waals surface area contributed by atoms with Crippen LogP contribution in [0.5, 0.6) is 0 Å². The Hall–Kier alpha value is -2.37. The van der Waals surface area contributed by atoms with Gasteiger partial charge >= 0.3 is 5.97 Å². The smallest absolute Gasteiger partial charge is 0.340 e. The van der Waals surface area contributed by atoms with Gasteiger partial charge in [-0.2, -0.15) is 0 Å². The third-order valence-corrected chi connectivity index (χ3v) is 2.86. The van der Waals surface area contributed by atoms with Crippen LogP contribution < -0.4 is 4.90 Å². The van der Waals surface area contributed by atoms with Gasteiger partial charge in [-0.3, -0.25) is 9.59 Å². The van der Waals surface area contributed by atoms with Crippen molar-refractivity contribution in [2.45, 2.75) is 13.8 Å². The van der Waals surface area contributed by atoms with E-state index in [1.54, 1.807) is 45.3 Å². The Labute approximate surface area is 124 Å². The monoisotopic (exact) mass is 292 g/mol. The Balaban J connectivity index is 3.17. The zero-order valence-electron chi connectivity index (χ0n) is 12.8. The lowest BCUT2D eigenvalue weighted by Gasteiger charge is -2.24. The van der Waals surface area contributed by atoms with E-state index >= 15 is 0 Å². The first-order chi connectivity index (χ1) is 9.88. The van der Waals surface area contributed by atoms with Crippen molar-refractivity contribution in [2.24, 2.45) is 0 Å². The van der Waals surface area contributed by atoms with Crippen molar-refractivity contribution in [1.29, 1.82) is 0 Å². The topological polar surface area (TPSA) is 66.9 Å². The molecule has 0 N–H and O–H groups in total. The lowest BCUT2D eigenvalue weighted by Crippen LogP contribution is -2.40. The van der Waals surface area contributed by atoms with Crippen LogP contribution in [0.4, 0.5) is 5.69 Å². The molecule has 0 saturated heterocycles. The molecule has 0 bridgehead atoms. The van der Waals surface area contributed by atoms with Gasteiger partial charge in [0.1, 0.15) is 6.54 Å². The van der Waals surface area contributed by atoms with Gasteiger partial charge in [-0.25, -0.2) is 4.79 Å². The maximum absolute atomic E-state index is 12.0. The van der Waals surface area contributed by atoms with E-state index in [-0.39, 0.29) is 30.5 Å². The Morgan fingerprint density at radius 2 is 1.76 bits per heavy atom. The Morgan fingerprint density at radius 3 is 2.29 bits per heavy atom. The summed E-state index contributed by atoms with van der Waals surface area (Å²) in [5, 5.41) is 0. The highest BCUT2D eigenvalue weighted by Crippen LogP contribution is 2.21. The second-order valence-corrected chi connectivity index (χ2v) is 4.63. The highest BCUT2D eigenvalue weighted by atomic mass is 16.5. The number of benzene rings is 1. The van der Waals surface area contributed by atoms with E-state index < -0.39 is 5.97 Å². The molecule has 0 heterocycles. The maximum Gasteiger partial charge on any atom is 0.340 e. The second kappa shape index (κ2) is 7.42. The zero-order valence-corrected chi connectivity index (χ0v) is 12.8. The van der Waals surface area contributed by atoms with Crippen LogP contribution >= 0.6 is 0 Å². The number of carbonyl (C=O) groups excluding carboxylic acids is 3. The first-order valence-electron chi connectivity index (χ1n) is 6.62. The van der Waals surface area contributed by atoms with E-state index in [4.69, 9.17) is 4.74 Å². The molecule has 0 atom stereocenters. The number of ether oxygens (including phenoxy) is 1. The largest absolute Gasteiger partial charge is 0.462 e. The summed E-state index contributed by atoms with van der Waals surface area (Å²) in [5.41, 5.74) is 0.639. The van der Waals surface area contributed by atoms with Crippen LogP contribution in [0.3, 0.4) is 0 Å². The Kier molecular flexibility index (Phi) is 5.90. The maximum atomic E-state index is 12.0. The van der Waals surface area contributed by atoms with E-state index in [1.807, 2.05) is 0 Å². The van der Waals surface area contributed by atoms with Crippen molar-refractivity contribution in [1.82, 2.24) is 4.90 Å². The van der Waals surface area contributed by atoms with Crippen LogP contribution in [-0.4, -0.2) is 49.9 Å². The summed E-state index contributed by atoms with van der Waals surface area (Å²) >= 11 is 0. The number of para-hydroxylation sites is 1. The number of anilines is 1. The molecule has 21 heavy (non-hydrogen) atoms. The van der Waals surface area contributed by atoms with Gasteiger partial charge in [0.2, 0.25) is 11.8 Å². The zero-order chi connectivity index (χ0) is 16.0. The summed E-state index contributed by atoms with van der Waals surface area (Å²) < 4.78 is 4.98. The molecule has 0 spiro atoms. The van der Waals surface area contributed by atoms with E-state index in [1.165, 1.54) is 16.7 Å². The van der Waals surface area contributed by atoms with Crippen molar-refractivity contribution in [2.75, 3.05) is 32.1 Å². The van der Waals surface area contributed by atoms with Crippen LogP contribution in [0.15, 0.2) is 24.3 Å². The van der Waals surface area contributed by atoms with E-state index in [2.05, 4.69) is 0 Å². The minimum absolute atomic E-state index is 0.126. The number of hydrogen-bond acceptors (Lipinski definition) is 4. The van der Waals surface area contributed by atoms with E-state index in [0.717, 1.165) is 0 Å². The summed E-state index contributed by atoms with van der Waals surface area (Å²) in [6, 6.07) is 6.58. The highest BCUT2D eigenvalue weighted by Gasteiger charge is 2.22. The fourth-order valence-electron chi connectivity index (χ4n) is 1.73. The molecule has 1 aromatic carbocycles. The molecule has 0 fully saturated rings. The third kappa shape index (κ3) is 4.30. The summed E-state index contributed by atoms with van der Waals surface area (Å²) in [6.07, 6.45) is 0. The van der Waals surface area contributed by atoms with Gasteiger partial charge < -0.3 is 14.5 Å². The number of nitrogens with zero attached hydrogens (tertiary/aromatic N) is 2. The van der Waals surface area contributed by atoms with Gasteiger partial charge in [0, 0.05) is 21.0 Å². The molecule has 2 amide bonds. The number of likely N-dealkylation sites (N-methyl/N-ethyl adjacent to an activating group) is 1. The first-order valence-corrected chi connectivity index (χ1v) is 6.62. The average Bonchev–Trinajstić information content (AvgIpc) is 2.44. The van der Waals surface area contributed by atoms with Gasteiger partial charge in [0.15, 0.2) is 0 Å². The molecule has 6 nitrogen and oxygen atoms in total. The average molecular weight is 292 g/mol. The van der Waals surface area contributed by atoms with Crippen LogP contribution in [-0.2, 0) is 14.3 Å². The van der Waals surface area contributed by atoms with Gasteiger partial charge in [-0.1, -0.05) is 12.1 Å². The van der Waals surface area contributed by atoms with Crippen LogP contribution in [0, 0.1) is 0 Å². The molecule has 6 heteroatoms. The lowest BCUT2D eigenvalue weighted by molar-refractivity contribution is -0.129. The van der Waals surface area contributed by atoms with Crippen molar-refractivity contribution < 1.29 is 19.1 Å². The predicted molar refractivity (Wildman–Crippen MR) is 79.1 cm³/mol. The molecule has 0 aliphatic carbocycles. The third-order valence-electron chi connectivity index (χ3n) is 2.86. The molecule has 114 valence electrons. The van der Waals surface area contributed by atoms with Gasteiger partial charge in [-0.05, 0) is 19.1 Å². The first kappa shape index (κ1) is 16.7. The quantitative estimate of drug-likeness (QED) is 0.767. The molecule has 0 aromatic heterocycles. The minimum atomic E-state index is -0.517. The second-order valence-electron chi connectivity index (χ2n) is 4.63. The van der Waals surface area contributed by atoms with Crippen molar-refractivity contribution in [3.05, 3.63) is 29.8 Å². The van der Waals surface area contributed by atoms with Crippen LogP contribution in [0.2, 0.25) is 0 Å². The number of amides is 2. The van der Waals surface area contributed by atoms with Crippen molar-refractivity contribution in [3.8, 4) is 0 Å². The molecule has 0 radical (unpaired) electrons. The fraction of sp³-hybridized carbons (Fsp3) is 0.400. The molecular weight excluding hydrogens is 272 g/mol. The van der Waals surface area contributed by atoms with E-state index in [9.17, 15) is 14.4 Å². The number of hydrogen-bond donors (Lipinski definition) is 0. The summed E-state index contributed by atoms with van der Waals surface area (Å²) in [4.78, 5) is 38.3. The Morgan fingerprint density at radius 1 is 1.14 bits per heavy atom. The predicted octanol–water partition coefficient (Wildman–Crippen LogP) is 1.30. The van der Waals surface area contributed by atoms with Crippen LogP contribution in [0.25, 0.3) is 0 Å². The summed E-state index contributed by atoms with van der Waals surface area (Å²) in [5.74, 6) is -1.07. The van der Waals surface area contributed by atoms with Crippen molar-refractivity contribution >= 4 is 23.5 Å². The van der Waals surface area contributed by atoms with E-state index in [0.29, 0.717) is 5.69 Å². The Bertz CT molecular complexity index is 540. The lowest BCUT2D eigenvalue weighted by atomic mass is 10.1.